The summed E-state index contributed by atoms with van der Waals surface area (Å²) in [6, 6.07) is 8.29. The summed E-state index contributed by atoms with van der Waals surface area (Å²) in [5.41, 5.74) is 7.40. The molecule has 2 rings (SSSR count). The Morgan fingerprint density at radius 3 is 2.71 bits per heavy atom. The topological polar surface area (TPSA) is 67.6 Å². The van der Waals surface area contributed by atoms with E-state index in [0.717, 1.165) is 51.0 Å². The van der Waals surface area contributed by atoms with E-state index >= 15 is 0 Å². The molecule has 0 radical (unpaired) electrons. The first-order chi connectivity index (χ1) is 11.3. The van der Waals surface area contributed by atoms with Gasteiger partial charge >= 0.3 is 6.09 Å². The predicted octanol–water partition coefficient (Wildman–Crippen LogP) is 3.19. The molecule has 3 N–H and O–H groups in total. The molecule has 0 bridgehead atoms. The normalized spacial score (nSPS) is 19.0. The largest absolute Gasteiger partial charge is 0.444 e. The second-order valence-electron chi connectivity index (χ2n) is 7.63. The first-order valence-corrected chi connectivity index (χ1v) is 8.88. The van der Waals surface area contributed by atoms with Crippen molar-refractivity contribution < 1.29 is 9.53 Å². The number of aryl methyl sites for hydroxylation is 1. The lowest BCUT2D eigenvalue weighted by atomic mass is 10.0. The number of nitrogen functional groups attached to an aromatic ring is 1. The molecule has 5 nitrogen and oxygen atoms in total. The summed E-state index contributed by atoms with van der Waals surface area (Å²) in [6.45, 7) is 8.72. The number of rotatable bonds is 5. The van der Waals surface area contributed by atoms with E-state index < -0.39 is 5.60 Å². The smallest absolute Gasteiger partial charge is 0.407 e. The fourth-order valence-corrected chi connectivity index (χ4v) is 3.04. The monoisotopic (exact) mass is 333 g/mol. The number of hydrogen-bond donors (Lipinski definition) is 2. The van der Waals surface area contributed by atoms with Gasteiger partial charge in [-0.25, -0.2) is 4.79 Å². The molecular formula is C19H31N3O2. The van der Waals surface area contributed by atoms with Crippen molar-refractivity contribution in [3.63, 3.8) is 0 Å². The first kappa shape index (κ1) is 18.6. The van der Waals surface area contributed by atoms with Gasteiger partial charge in [0.1, 0.15) is 5.60 Å². The van der Waals surface area contributed by atoms with Crippen LogP contribution in [0.2, 0.25) is 0 Å². The van der Waals surface area contributed by atoms with Crippen molar-refractivity contribution in [3.05, 3.63) is 29.8 Å². The van der Waals surface area contributed by atoms with Crippen LogP contribution in [0.1, 0.15) is 45.6 Å². The molecule has 0 saturated carbocycles. The van der Waals surface area contributed by atoms with Gasteiger partial charge in [-0.1, -0.05) is 12.1 Å². The van der Waals surface area contributed by atoms with E-state index in [1.807, 2.05) is 32.9 Å². The zero-order valence-corrected chi connectivity index (χ0v) is 15.2. The Bertz CT molecular complexity index is 522. The minimum atomic E-state index is -0.447. The maximum Gasteiger partial charge on any atom is 0.407 e. The van der Waals surface area contributed by atoms with E-state index in [2.05, 4.69) is 22.3 Å². The fraction of sp³-hybridized carbons (Fsp3) is 0.632. The first-order valence-electron chi connectivity index (χ1n) is 8.88. The van der Waals surface area contributed by atoms with Crippen LogP contribution in [0.25, 0.3) is 0 Å². The van der Waals surface area contributed by atoms with Gasteiger partial charge in [0.15, 0.2) is 0 Å². The molecule has 0 aliphatic carbocycles. The van der Waals surface area contributed by atoms with Gasteiger partial charge < -0.3 is 20.7 Å². The number of nitrogens with two attached hydrogens (primary N) is 1. The number of carbonyl (C=O) groups excluding carboxylic acids is 1. The third-order valence-corrected chi connectivity index (χ3v) is 4.15. The lowest BCUT2D eigenvalue weighted by Gasteiger charge is -2.33. The van der Waals surface area contributed by atoms with Crippen molar-refractivity contribution in [2.75, 3.05) is 25.4 Å². The van der Waals surface area contributed by atoms with Gasteiger partial charge in [-0.15, -0.1) is 0 Å². The standard InChI is InChI=1S/C19H31N3O2/c1-19(2,3)24-18(23)21-17-7-5-13-22(14-17)12-4-6-15-8-10-16(20)11-9-15/h8-11,17H,4-7,12-14,20H2,1-3H3,(H,21,23)/t17-/m1/s1. The van der Waals surface area contributed by atoms with E-state index in [9.17, 15) is 4.79 Å². The predicted molar refractivity (Wildman–Crippen MR) is 98.0 cm³/mol. The fourth-order valence-electron chi connectivity index (χ4n) is 3.04. The third kappa shape index (κ3) is 6.79. The zero-order chi connectivity index (χ0) is 17.6. The van der Waals surface area contributed by atoms with Gasteiger partial charge in [0, 0.05) is 18.3 Å². The SMILES string of the molecule is CC(C)(C)OC(=O)N[C@@H]1CCCN(CCCc2ccc(N)cc2)C1. The van der Waals surface area contributed by atoms with Gasteiger partial charge in [-0.3, -0.25) is 0 Å². The molecule has 1 atom stereocenters. The Hall–Kier alpha value is -1.75. The molecule has 5 heteroatoms. The average Bonchev–Trinajstić information content (AvgIpc) is 2.48. The van der Waals surface area contributed by atoms with Gasteiger partial charge in [-0.05, 0) is 77.2 Å². The van der Waals surface area contributed by atoms with Crippen LogP contribution in [-0.4, -0.2) is 42.3 Å². The molecule has 0 unspecified atom stereocenters. The summed E-state index contributed by atoms with van der Waals surface area (Å²) < 4.78 is 5.35. The molecule has 1 aliphatic heterocycles. The van der Waals surface area contributed by atoms with Crippen LogP contribution in [0, 0.1) is 0 Å². The summed E-state index contributed by atoms with van der Waals surface area (Å²) >= 11 is 0. The molecule has 24 heavy (non-hydrogen) atoms. The van der Waals surface area contributed by atoms with E-state index in [-0.39, 0.29) is 12.1 Å². The maximum atomic E-state index is 11.9. The number of amides is 1. The van der Waals surface area contributed by atoms with Crippen molar-refractivity contribution >= 4 is 11.8 Å². The highest BCUT2D eigenvalue weighted by Crippen LogP contribution is 2.14. The molecular weight excluding hydrogens is 302 g/mol. The third-order valence-electron chi connectivity index (χ3n) is 4.15. The van der Waals surface area contributed by atoms with Gasteiger partial charge in [-0.2, -0.15) is 0 Å². The summed E-state index contributed by atoms with van der Waals surface area (Å²) in [7, 11) is 0. The quantitative estimate of drug-likeness (QED) is 0.812. The number of anilines is 1. The zero-order valence-electron chi connectivity index (χ0n) is 15.2. The number of benzene rings is 1. The summed E-state index contributed by atoms with van der Waals surface area (Å²) in [5, 5.41) is 3.00. The average molecular weight is 333 g/mol. The Kier molecular flexibility index (Phi) is 6.49. The van der Waals surface area contributed by atoms with Crippen LogP contribution in [0.3, 0.4) is 0 Å². The Morgan fingerprint density at radius 2 is 2.04 bits per heavy atom. The Balaban J connectivity index is 1.70. The second kappa shape index (κ2) is 8.38. The second-order valence-corrected chi connectivity index (χ2v) is 7.63. The lowest BCUT2D eigenvalue weighted by Crippen LogP contribution is -2.49. The Morgan fingerprint density at radius 1 is 1.33 bits per heavy atom. The van der Waals surface area contributed by atoms with E-state index in [1.54, 1.807) is 0 Å². The van der Waals surface area contributed by atoms with Crippen molar-refractivity contribution in [1.29, 1.82) is 0 Å². The lowest BCUT2D eigenvalue weighted by molar-refractivity contribution is 0.0472. The van der Waals surface area contributed by atoms with Crippen molar-refractivity contribution in [2.45, 2.75) is 58.1 Å². The summed E-state index contributed by atoms with van der Waals surface area (Å²) in [4.78, 5) is 14.3. The highest BCUT2D eigenvalue weighted by molar-refractivity contribution is 5.68. The molecule has 134 valence electrons. The number of piperidine rings is 1. The summed E-state index contributed by atoms with van der Waals surface area (Å²) in [6.07, 6.45) is 4.00. The number of ether oxygens (including phenoxy) is 1. The highest BCUT2D eigenvalue weighted by atomic mass is 16.6. The van der Waals surface area contributed by atoms with E-state index in [1.165, 1.54) is 5.56 Å². The van der Waals surface area contributed by atoms with Gasteiger partial charge in [0.05, 0.1) is 0 Å². The van der Waals surface area contributed by atoms with Crippen molar-refractivity contribution in [2.24, 2.45) is 0 Å². The molecule has 1 aromatic carbocycles. The number of nitrogens with one attached hydrogen (secondary N) is 1. The Labute approximate surface area is 145 Å². The number of likely N-dealkylation sites (tertiary alicyclic amines) is 1. The minimum Gasteiger partial charge on any atom is -0.444 e. The molecule has 0 spiro atoms. The number of hydrogen-bond acceptors (Lipinski definition) is 4. The molecule has 1 heterocycles. The maximum absolute atomic E-state index is 11.9. The highest BCUT2D eigenvalue weighted by Gasteiger charge is 2.23. The minimum absolute atomic E-state index is 0.185. The van der Waals surface area contributed by atoms with Gasteiger partial charge in [0.25, 0.3) is 0 Å². The molecule has 1 aliphatic rings. The number of carbonyl (C=O) groups is 1. The van der Waals surface area contributed by atoms with Crippen LogP contribution in [0.5, 0.6) is 0 Å². The van der Waals surface area contributed by atoms with E-state index in [0.29, 0.717) is 0 Å². The van der Waals surface area contributed by atoms with Crippen LogP contribution in [0.15, 0.2) is 24.3 Å². The molecule has 0 aromatic heterocycles. The molecule has 1 aromatic rings. The number of nitrogens with zero attached hydrogens (tertiary/aromatic N) is 1. The van der Waals surface area contributed by atoms with Crippen LogP contribution in [-0.2, 0) is 11.2 Å². The van der Waals surface area contributed by atoms with Crippen LogP contribution in [0.4, 0.5) is 10.5 Å². The van der Waals surface area contributed by atoms with Crippen LogP contribution < -0.4 is 11.1 Å². The van der Waals surface area contributed by atoms with Crippen LogP contribution >= 0.6 is 0 Å². The molecule has 1 amide bonds. The summed E-state index contributed by atoms with van der Waals surface area (Å²) in [5.74, 6) is 0. The molecule has 1 saturated heterocycles. The number of alkyl carbamates (subject to hydrolysis) is 1. The van der Waals surface area contributed by atoms with Crippen molar-refractivity contribution in [3.8, 4) is 0 Å². The van der Waals surface area contributed by atoms with E-state index in [4.69, 9.17) is 10.5 Å². The van der Waals surface area contributed by atoms with Gasteiger partial charge in [0.2, 0.25) is 0 Å². The van der Waals surface area contributed by atoms with Crippen molar-refractivity contribution in [1.82, 2.24) is 10.2 Å². The molecule has 1 fully saturated rings.